The summed E-state index contributed by atoms with van der Waals surface area (Å²) < 4.78 is 5.09. The van der Waals surface area contributed by atoms with Crippen LogP contribution in [0.4, 0.5) is 0 Å². The maximum atomic E-state index is 5.09. The summed E-state index contributed by atoms with van der Waals surface area (Å²) >= 11 is 0. The smallest absolute Gasteiger partial charge is 0.147 e. The van der Waals surface area contributed by atoms with E-state index >= 15 is 0 Å². The van der Waals surface area contributed by atoms with Gasteiger partial charge in [0.15, 0.2) is 0 Å². The molecular weight excluding hydrogens is 118 g/mol. The van der Waals surface area contributed by atoms with Gasteiger partial charge in [-0.05, 0) is 12.8 Å². The van der Waals surface area contributed by atoms with Gasteiger partial charge in [0, 0.05) is 13.1 Å². The van der Waals surface area contributed by atoms with Crippen molar-refractivity contribution in [3.8, 4) is 0 Å². The minimum absolute atomic E-state index is 0.881. The normalized spacial score (nSPS) is 22.5. The summed E-state index contributed by atoms with van der Waals surface area (Å²) in [5.41, 5.74) is 0. The molecule has 1 saturated heterocycles. The van der Waals surface area contributed by atoms with Crippen LogP contribution in [0.1, 0.15) is 12.8 Å². The first-order valence-corrected chi connectivity index (χ1v) is 3.96. The van der Waals surface area contributed by atoms with Gasteiger partial charge >= 0.3 is 0 Å². The molecule has 0 aliphatic carbocycles. The lowest BCUT2D eigenvalue weighted by molar-refractivity contribution is 0.164. The van der Waals surface area contributed by atoms with E-state index in [4.69, 9.17) is 4.43 Å². The van der Waals surface area contributed by atoms with E-state index in [0.29, 0.717) is 0 Å². The number of rotatable bonds is 2. The largest absolute Gasteiger partial charge is 0.415 e. The van der Waals surface area contributed by atoms with Crippen molar-refractivity contribution in [1.29, 1.82) is 0 Å². The van der Waals surface area contributed by atoms with Gasteiger partial charge in [-0.2, -0.15) is 0 Å². The van der Waals surface area contributed by atoms with Crippen LogP contribution in [0.15, 0.2) is 0 Å². The zero-order valence-electron chi connectivity index (χ0n) is 5.39. The summed E-state index contributed by atoms with van der Waals surface area (Å²) in [5, 5.41) is 0. The Hall–Kier alpha value is 0.137. The van der Waals surface area contributed by atoms with Crippen LogP contribution in [0.25, 0.3) is 0 Å². The van der Waals surface area contributed by atoms with E-state index < -0.39 is 0 Å². The van der Waals surface area contributed by atoms with E-state index in [1.165, 1.54) is 25.9 Å². The maximum absolute atomic E-state index is 5.09. The van der Waals surface area contributed by atoms with Gasteiger partial charge in [0.25, 0.3) is 0 Å². The summed E-state index contributed by atoms with van der Waals surface area (Å²) in [4.78, 5) is 2.35. The lowest BCUT2D eigenvalue weighted by Crippen LogP contribution is -2.21. The number of nitrogens with zero attached hydrogens (tertiary/aromatic N) is 1. The summed E-state index contributed by atoms with van der Waals surface area (Å²) in [6.45, 7) is 3.39. The molecule has 0 aromatic rings. The molecule has 2 nitrogen and oxygen atoms in total. The third-order valence-electron chi connectivity index (χ3n) is 1.51. The lowest BCUT2D eigenvalue weighted by Gasteiger charge is -2.11. The Balaban J connectivity index is 2.06. The fourth-order valence-electron chi connectivity index (χ4n) is 1.09. The minimum Gasteiger partial charge on any atom is -0.415 e. The first kappa shape index (κ1) is 6.26. The molecule has 1 rings (SSSR count). The van der Waals surface area contributed by atoms with E-state index in [-0.39, 0.29) is 0 Å². The Bertz CT molecular complexity index is 63.4. The average Bonchev–Trinajstić information content (AvgIpc) is 2.19. The molecule has 1 aliphatic rings. The highest BCUT2D eigenvalue weighted by Crippen LogP contribution is 2.05. The predicted molar refractivity (Wildman–Crippen MR) is 36.7 cm³/mol. The summed E-state index contributed by atoms with van der Waals surface area (Å²) in [7, 11) is 0.882. The van der Waals surface area contributed by atoms with Crippen LogP contribution in [-0.4, -0.2) is 35.2 Å². The molecular formula is C5H13NOSi. The molecule has 1 heterocycles. The van der Waals surface area contributed by atoms with Crippen molar-refractivity contribution in [2.45, 2.75) is 12.8 Å². The monoisotopic (exact) mass is 131 g/mol. The average molecular weight is 131 g/mol. The van der Waals surface area contributed by atoms with Crippen LogP contribution < -0.4 is 0 Å². The van der Waals surface area contributed by atoms with Crippen LogP contribution >= 0.6 is 0 Å². The van der Waals surface area contributed by atoms with Crippen molar-refractivity contribution in [2.24, 2.45) is 0 Å². The second-order valence-corrected chi connectivity index (χ2v) is 2.82. The van der Waals surface area contributed by atoms with Crippen molar-refractivity contribution in [3.63, 3.8) is 0 Å². The van der Waals surface area contributed by atoms with E-state index in [9.17, 15) is 0 Å². The molecule has 0 aromatic carbocycles. The fourth-order valence-corrected chi connectivity index (χ4v) is 1.46. The Labute approximate surface area is 53.4 Å². The zero-order chi connectivity index (χ0) is 5.82. The van der Waals surface area contributed by atoms with Gasteiger partial charge in [-0.1, -0.05) is 0 Å². The molecule has 0 unspecified atom stereocenters. The fraction of sp³-hybridized carbons (Fsp3) is 1.00. The van der Waals surface area contributed by atoms with E-state index in [1.807, 2.05) is 0 Å². The summed E-state index contributed by atoms with van der Waals surface area (Å²) in [6.07, 6.45) is 2.73. The lowest BCUT2D eigenvalue weighted by atomic mass is 10.4. The number of likely N-dealkylation sites (tertiary alicyclic amines) is 1. The van der Waals surface area contributed by atoms with E-state index in [0.717, 1.165) is 17.2 Å². The summed E-state index contributed by atoms with van der Waals surface area (Å²) in [5.74, 6) is 0. The molecule has 3 heteroatoms. The molecule has 1 fully saturated rings. The van der Waals surface area contributed by atoms with Gasteiger partial charge < -0.3 is 4.43 Å². The quantitative estimate of drug-likeness (QED) is 0.461. The highest BCUT2D eigenvalue weighted by molar-refractivity contribution is 5.97. The number of hydrogen-bond donors (Lipinski definition) is 0. The molecule has 0 amide bonds. The van der Waals surface area contributed by atoms with Gasteiger partial charge in [-0.25, -0.2) is 0 Å². The standard InChI is InChI=1S/C5H13NOSi/c8-7-5-6-3-1-2-4-6/h1-5H2,8H3. The molecule has 0 N–H and O–H groups in total. The summed E-state index contributed by atoms with van der Waals surface area (Å²) in [6, 6.07) is 0. The Kier molecular flexibility index (Phi) is 2.52. The van der Waals surface area contributed by atoms with Crippen LogP contribution in [0.3, 0.4) is 0 Å². The van der Waals surface area contributed by atoms with Gasteiger partial charge in [0.1, 0.15) is 10.5 Å². The topological polar surface area (TPSA) is 12.5 Å². The van der Waals surface area contributed by atoms with Gasteiger partial charge in [-0.15, -0.1) is 0 Å². The van der Waals surface area contributed by atoms with Crippen LogP contribution in [0.2, 0.25) is 0 Å². The molecule has 0 bridgehead atoms. The number of hydrogen-bond acceptors (Lipinski definition) is 2. The minimum atomic E-state index is 0.881. The SMILES string of the molecule is [SiH3]OCN1CCCC1. The maximum Gasteiger partial charge on any atom is 0.147 e. The highest BCUT2D eigenvalue weighted by atomic mass is 28.2. The van der Waals surface area contributed by atoms with E-state index in [1.54, 1.807) is 0 Å². The molecule has 1 aliphatic heterocycles. The predicted octanol–water partition coefficient (Wildman–Crippen LogP) is -0.663. The molecule has 8 heavy (non-hydrogen) atoms. The molecule has 0 saturated carbocycles. The van der Waals surface area contributed by atoms with Crippen LogP contribution in [0.5, 0.6) is 0 Å². The molecule has 0 aromatic heterocycles. The van der Waals surface area contributed by atoms with Gasteiger partial charge in [-0.3, -0.25) is 4.90 Å². The van der Waals surface area contributed by atoms with Crippen molar-refractivity contribution >= 4 is 10.5 Å². The second-order valence-electron chi connectivity index (χ2n) is 2.24. The van der Waals surface area contributed by atoms with Crippen molar-refractivity contribution < 1.29 is 4.43 Å². The Morgan fingerprint density at radius 3 is 2.50 bits per heavy atom. The molecule has 0 spiro atoms. The zero-order valence-corrected chi connectivity index (χ0v) is 7.39. The van der Waals surface area contributed by atoms with E-state index in [2.05, 4.69) is 4.90 Å². The highest BCUT2D eigenvalue weighted by Gasteiger charge is 2.08. The molecule has 48 valence electrons. The first-order valence-electron chi connectivity index (χ1n) is 3.15. The van der Waals surface area contributed by atoms with Gasteiger partial charge in [0.2, 0.25) is 0 Å². The Morgan fingerprint density at radius 1 is 1.38 bits per heavy atom. The third kappa shape index (κ3) is 1.58. The molecule has 0 atom stereocenters. The Morgan fingerprint density at radius 2 is 2.00 bits per heavy atom. The van der Waals surface area contributed by atoms with Crippen LogP contribution in [-0.2, 0) is 4.43 Å². The van der Waals surface area contributed by atoms with Crippen molar-refractivity contribution in [2.75, 3.05) is 19.8 Å². The van der Waals surface area contributed by atoms with Crippen molar-refractivity contribution in [3.05, 3.63) is 0 Å². The first-order chi connectivity index (χ1) is 3.93. The second kappa shape index (κ2) is 3.22. The van der Waals surface area contributed by atoms with Gasteiger partial charge in [0.05, 0.1) is 6.73 Å². The molecule has 0 radical (unpaired) electrons. The van der Waals surface area contributed by atoms with Crippen molar-refractivity contribution in [1.82, 2.24) is 4.90 Å². The third-order valence-corrected chi connectivity index (χ3v) is 1.77. The van der Waals surface area contributed by atoms with Crippen LogP contribution in [0, 0.1) is 0 Å².